The summed E-state index contributed by atoms with van der Waals surface area (Å²) in [6.07, 6.45) is 1.26. The standard InChI is InChI=1S/C24H27N3O4S/c1-16-22(17-5-3-2-4-6-17)31-24(28)27(16)19-9-11-26(12-10-19)23(32)25-18-7-8-20-21(15-18)30-14-13-29-20/h2-8,15-16,19,22H,9-14H2,1H3,(H,25,32). The van der Waals surface area contributed by atoms with Gasteiger partial charge in [0.15, 0.2) is 16.6 Å². The zero-order valence-electron chi connectivity index (χ0n) is 18.0. The summed E-state index contributed by atoms with van der Waals surface area (Å²) in [5.74, 6) is 1.49. The predicted octanol–water partition coefficient (Wildman–Crippen LogP) is 4.20. The molecule has 168 valence electrons. The van der Waals surface area contributed by atoms with Crippen molar-refractivity contribution >= 4 is 29.1 Å². The fourth-order valence-electron chi connectivity index (χ4n) is 4.72. The number of rotatable bonds is 3. The number of cyclic esters (lactones) is 1. The minimum absolute atomic E-state index is 0.00393. The normalized spacial score (nSPS) is 23.1. The van der Waals surface area contributed by atoms with Crippen molar-refractivity contribution < 1.29 is 19.0 Å². The Morgan fingerprint density at radius 2 is 1.75 bits per heavy atom. The van der Waals surface area contributed by atoms with E-state index in [0.29, 0.717) is 18.3 Å². The van der Waals surface area contributed by atoms with Gasteiger partial charge >= 0.3 is 6.09 Å². The molecule has 7 nitrogen and oxygen atoms in total. The lowest BCUT2D eigenvalue weighted by Gasteiger charge is -2.38. The van der Waals surface area contributed by atoms with Crippen molar-refractivity contribution in [2.75, 3.05) is 31.6 Å². The molecule has 3 aliphatic heterocycles. The van der Waals surface area contributed by atoms with Gasteiger partial charge in [0.2, 0.25) is 0 Å². The molecule has 0 radical (unpaired) electrons. The monoisotopic (exact) mass is 453 g/mol. The van der Waals surface area contributed by atoms with Crippen LogP contribution < -0.4 is 14.8 Å². The van der Waals surface area contributed by atoms with Crippen LogP contribution in [0.5, 0.6) is 11.5 Å². The summed E-state index contributed by atoms with van der Waals surface area (Å²) in [4.78, 5) is 16.8. The number of hydrogen-bond acceptors (Lipinski definition) is 5. The highest BCUT2D eigenvalue weighted by molar-refractivity contribution is 7.80. The molecule has 1 N–H and O–H groups in total. The van der Waals surface area contributed by atoms with E-state index in [1.807, 2.05) is 53.4 Å². The van der Waals surface area contributed by atoms with E-state index in [2.05, 4.69) is 17.1 Å². The van der Waals surface area contributed by atoms with Gasteiger partial charge in [0.25, 0.3) is 0 Å². The molecule has 3 heterocycles. The third kappa shape index (κ3) is 4.07. The van der Waals surface area contributed by atoms with Gasteiger partial charge in [-0.05, 0) is 49.7 Å². The summed E-state index contributed by atoms with van der Waals surface area (Å²) in [7, 11) is 0. The fraction of sp³-hybridized carbons (Fsp3) is 0.417. The average molecular weight is 454 g/mol. The number of likely N-dealkylation sites (tertiary alicyclic amines) is 1. The number of thiocarbonyl (C=S) groups is 1. The summed E-state index contributed by atoms with van der Waals surface area (Å²) < 4.78 is 17.0. The van der Waals surface area contributed by atoms with Crippen molar-refractivity contribution in [3.05, 3.63) is 54.1 Å². The van der Waals surface area contributed by atoms with Crippen molar-refractivity contribution in [2.45, 2.75) is 38.0 Å². The third-order valence-electron chi connectivity index (χ3n) is 6.38. The Bertz CT molecular complexity index is 994. The van der Waals surface area contributed by atoms with E-state index in [4.69, 9.17) is 26.4 Å². The van der Waals surface area contributed by atoms with E-state index in [0.717, 1.165) is 48.7 Å². The molecule has 2 fully saturated rings. The lowest BCUT2D eigenvalue weighted by Crippen LogP contribution is -2.50. The number of hydrogen-bond donors (Lipinski definition) is 1. The minimum atomic E-state index is -0.223. The molecule has 0 aromatic heterocycles. The van der Waals surface area contributed by atoms with E-state index in [9.17, 15) is 4.79 Å². The first-order valence-electron chi connectivity index (χ1n) is 11.1. The van der Waals surface area contributed by atoms with Crippen molar-refractivity contribution in [1.82, 2.24) is 9.80 Å². The smallest absolute Gasteiger partial charge is 0.411 e. The SMILES string of the molecule is CC1C(c2ccccc2)OC(=O)N1C1CCN(C(=S)Nc2ccc3c(c2)OCCO3)CC1. The molecular weight excluding hydrogens is 426 g/mol. The number of amides is 1. The van der Waals surface area contributed by atoms with E-state index >= 15 is 0 Å². The fourth-order valence-corrected chi connectivity index (χ4v) is 5.02. The summed E-state index contributed by atoms with van der Waals surface area (Å²) in [6, 6.07) is 15.9. The number of nitrogens with one attached hydrogen (secondary N) is 1. The Morgan fingerprint density at radius 1 is 1.03 bits per heavy atom. The van der Waals surface area contributed by atoms with Crippen LogP contribution in [0.1, 0.15) is 31.4 Å². The first-order chi connectivity index (χ1) is 15.6. The lowest BCUT2D eigenvalue weighted by molar-refractivity contribution is 0.120. The molecule has 0 spiro atoms. The van der Waals surface area contributed by atoms with Gasteiger partial charge in [0.1, 0.15) is 19.3 Å². The molecule has 0 aliphatic carbocycles. The maximum Gasteiger partial charge on any atom is 0.411 e. The zero-order chi connectivity index (χ0) is 22.1. The van der Waals surface area contributed by atoms with Crippen molar-refractivity contribution in [3.63, 3.8) is 0 Å². The van der Waals surface area contributed by atoms with Gasteiger partial charge < -0.3 is 24.4 Å². The summed E-state index contributed by atoms with van der Waals surface area (Å²) >= 11 is 5.65. The number of carbonyl (C=O) groups is 1. The Balaban J connectivity index is 1.18. The van der Waals surface area contributed by atoms with Gasteiger partial charge in [-0.1, -0.05) is 30.3 Å². The number of carbonyl (C=O) groups excluding carboxylic acids is 1. The van der Waals surface area contributed by atoms with E-state index in [1.54, 1.807) is 0 Å². The highest BCUT2D eigenvalue weighted by Crippen LogP contribution is 2.36. The van der Waals surface area contributed by atoms with E-state index in [-0.39, 0.29) is 24.3 Å². The van der Waals surface area contributed by atoms with Crippen LogP contribution >= 0.6 is 12.2 Å². The highest BCUT2D eigenvalue weighted by atomic mass is 32.1. The first-order valence-corrected chi connectivity index (χ1v) is 11.5. The topological polar surface area (TPSA) is 63.3 Å². The van der Waals surface area contributed by atoms with E-state index in [1.165, 1.54) is 0 Å². The zero-order valence-corrected chi connectivity index (χ0v) is 18.8. The molecule has 2 aromatic rings. The number of benzene rings is 2. The van der Waals surface area contributed by atoms with Gasteiger partial charge in [-0.3, -0.25) is 4.90 Å². The van der Waals surface area contributed by atoms with Gasteiger partial charge in [0, 0.05) is 30.9 Å². The molecule has 8 heteroatoms. The molecule has 2 unspecified atom stereocenters. The maximum atomic E-state index is 12.7. The quantitative estimate of drug-likeness (QED) is 0.699. The first kappa shape index (κ1) is 20.9. The molecule has 0 saturated carbocycles. The van der Waals surface area contributed by atoms with Gasteiger partial charge in [-0.25, -0.2) is 4.79 Å². The van der Waals surface area contributed by atoms with Crippen molar-refractivity contribution in [1.29, 1.82) is 0 Å². The Kier molecular flexibility index (Phi) is 5.78. The van der Waals surface area contributed by atoms with Crippen LogP contribution in [0, 0.1) is 0 Å². The molecule has 3 aliphatic rings. The Labute approximate surface area is 193 Å². The summed E-state index contributed by atoms with van der Waals surface area (Å²) in [6.45, 7) is 4.77. The van der Waals surface area contributed by atoms with Crippen LogP contribution in [0.2, 0.25) is 0 Å². The molecular formula is C24H27N3O4S. The van der Waals surface area contributed by atoms with Crippen LogP contribution in [0.25, 0.3) is 0 Å². The van der Waals surface area contributed by atoms with Crippen LogP contribution in [0.15, 0.2) is 48.5 Å². The number of ether oxygens (including phenoxy) is 3. The predicted molar refractivity (Wildman–Crippen MR) is 125 cm³/mol. The maximum absolute atomic E-state index is 12.7. The number of fused-ring (bicyclic) bond motifs is 1. The largest absolute Gasteiger partial charge is 0.486 e. The number of anilines is 1. The summed E-state index contributed by atoms with van der Waals surface area (Å²) in [5, 5.41) is 3.99. The number of nitrogens with zero attached hydrogens (tertiary/aromatic N) is 2. The van der Waals surface area contributed by atoms with Crippen molar-refractivity contribution in [3.8, 4) is 11.5 Å². The third-order valence-corrected chi connectivity index (χ3v) is 6.74. The molecule has 5 rings (SSSR count). The lowest BCUT2D eigenvalue weighted by atomic mass is 9.98. The second-order valence-electron chi connectivity index (χ2n) is 8.37. The van der Waals surface area contributed by atoms with Gasteiger partial charge in [-0.15, -0.1) is 0 Å². The second kappa shape index (κ2) is 8.86. The Morgan fingerprint density at radius 3 is 2.50 bits per heavy atom. The molecule has 32 heavy (non-hydrogen) atoms. The van der Waals surface area contributed by atoms with Crippen LogP contribution in [-0.2, 0) is 4.74 Å². The van der Waals surface area contributed by atoms with Crippen LogP contribution in [-0.4, -0.2) is 59.4 Å². The minimum Gasteiger partial charge on any atom is -0.486 e. The van der Waals surface area contributed by atoms with Crippen LogP contribution in [0.3, 0.4) is 0 Å². The number of piperidine rings is 1. The molecule has 0 bridgehead atoms. The molecule has 2 aromatic carbocycles. The molecule has 2 saturated heterocycles. The highest BCUT2D eigenvalue weighted by Gasteiger charge is 2.44. The van der Waals surface area contributed by atoms with E-state index < -0.39 is 0 Å². The van der Waals surface area contributed by atoms with Gasteiger partial charge in [0.05, 0.1) is 6.04 Å². The second-order valence-corrected chi connectivity index (χ2v) is 8.76. The van der Waals surface area contributed by atoms with Crippen LogP contribution in [0.4, 0.5) is 10.5 Å². The van der Waals surface area contributed by atoms with Gasteiger partial charge in [-0.2, -0.15) is 0 Å². The summed E-state index contributed by atoms with van der Waals surface area (Å²) in [5.41, 5.74) is 1.92. The Hall–Kier alpha value is -3.00. The molecule has 1 amide bonds. The average Bonchev–Trinajstić information content (AvgIpc) is 3.13. The molecule has 2 atom stereocenters. The van der Waals surface area contributed by atoms with Crippen molar-refractivity contribution in [2.24, 2.45) is 0 Å².